The van der Waals surface area contributed by atoms with E-state index in [9.17, 15) is 9.59 Å². The lowest BCUT2D eigenvalue weighted by Crippen LogP contribution is -2.16. The lowest BCUT2D eigenvalue weighted by molar-refractivity contribution is -0.113. The summed E-state index contributed by atoms with van der Waals surface area (Å²) in [7, 11) is 1.34. The molecule has 0 aliphatic rings. The van der Waals surface area contributed by atoms with Gasteiger partial charge in [-0.2, -0.15) is 0 Å². The van der Waals surface area contributed by atoms with Gasteiger partial charge in [-0.25, -0.2) is 4.79 Å². The van der Waals surface area contributed by atoms with E-state index in [1.54, 1.807) is 17.4 Å². The highest BCUT2D eigenvalue weighted by atomic mass is 32.2. The van der Waals surface area contributed by atoms with Crippen LogP contribution >= 0.6 is 34.4 Å². The maximum Gasteiger partial charge on any atom is 0.341 e. The number of rotatable bonds is 10. The summed E-state index contributed by atoms with van der Waals surface area (Å²) in [5.41, 5.74) is 3.04. The number of aryl methyl sites for hydroxylation is 2. The molecule has 0 spiro atoms. The SMILES string of the molecule is C=CCn1c(SCC(=O)Nc2sc(C)c(-c3ccccc3)c2C(=O)OC)nnc1-c1csc(CC)c1. The molecular formula is C26H26N4O3S3. The maximum absolute atomic E-state index is 12.9. The Bertz CT molecular complexity index is 1390. The maximum atomic E-state index is 12.9. The van der Waals surface area contributed by atoms with Gasteiger partial charge in [-0.3, -0.25) is 9.36 Å². The number of carbonyl (C=O) groups is 2. The minimum Gasteiger partial charge on any atom is -0.465 e. The van der Waals surface area contributed by atoms with Crippen molar-refractivity contribution in [3.05, 3.63) is 69.8 Å². The van der Waals surface area contributed by atoms with Crippen LogP contribution in [0.2, 0.25) is 0 Å². The number of hydrogen-bond donors (Lipinski definition) is 1. The van der Waals surface area contributed by atoms with Crippen molar-refractivity contribution in [1.29, 1.82) is 0 Å². The first-order chi connectivity index (χ1) is 17.5. The van der Waals surface area contributed by atoms with Gasteiger partial charge in [-0.1, -0.05) is 55.1 Å². The quantitative estimate of drug-likeness (QED) is 0.145. The molecule has 4 rings (SSSR count). The van der Waals surface area contributed by atoms with E-state index < -0.39 is 5.97 Å². The van der Waals surface area contributed by atoms with Gasteiger partial charge in [-0.05, 0) is 25.0 Å². The summed E-state index contributed by atoms with van der Waals surface area (Å²) in [6.07, 6.45) is 2.75. The Morgan fingerprint density at radius 1 is 1.22 bits per heavy atom. The van der Waals surface area contributed by atoms with Gasteiger partial charge >= 0.3 is 5.97 Å². The van der Waals surface area contributed by atoms with Gasteiger partial charge in [0.1, 0.15) is 10.6 Å². The molecule has 0 saturated carbocycles. The zero-order chi connectivity index (χ0) is 25.7. The van der Waals surface area contributed by atoms with E-state index in [1.807, 2.05) is 41.8 Å². The molecule has 0 fully saturated rings. The first-order valence-corrected chi connectivity index (χ1v) is 14.0. The van der Waals surface area contributed by atoms with E-state index in [0.29, 0.717) is 22.3 Å². The normalized spacial score (nSPS) is 10.9. The largest absolute Gasteiger partial charge is 0.465 e. The van der Waals surface area contributed by atoms with Gasteiger partial charge < -0.3 is 10.1 Å². The van der Waals surface area contributed by atoms with Gasteiger partial charge in [-0.15, -0.1) is 39.4 Å². The van der Waals surface area contributed by atoms with Crippen LogP contribution in [0.3, 0.4) is 0 Å². The number of benzene rings is 1. The van der Waals surface area contributed by atoms with Crippen molar-refractivity contribution < 1.29 is 14.3 Å². The van der Waals surface area contributed by atoms with Crippen LogP contribution in [0.1, 0.15) is 27.0 Å². The van der Waals surface area contributed by atoms with Crippen LogP contribution in [-0.2, 0) is 22.5 Å². The molecule has 3 aromatic heterocycles. The van der Waals surface area contributed by atoms with Gasteiger partial charge in [0.25, 0.3) is 0 Å². The molecule has 3 heterocycles. The van der Waals surface area contributed by atoms with E-state index in [0.717, 1.165) is 33.8 Å². The second kappa shape index (κ2) is 11.7. The summed E-state index contributed by atoms with van der Waals surface area (Å²) in [6.45, 7) is 8.42. The summed E-state index contributed by atoms with van der Waals surface area (Å²) >= 11 is 4.34. The molecule has 10 heteroatoms. The van der Waals surface area contributed by atoms with E-state index >= 15 is 0 Å². The van der Waals surface area contributed by atoms with E-state index in [4.69, 9.17) is 4.74 Å². The number of thioether (sulfide) groups is 1. The molecule has 1 N–H and O–H groups in total. The van der Waals surface area contributed by atoms with Crippen LogP contribution < -0.4 is 5.32 Å². The van der Waals surface area contributed by atoms with Crippen molar-refractivity contribution >= 4 is 51.3 Å². The zero-order valence-electron chi connectivity index (χ0n) is 20.2. The summed E-state index contributed by atoms with van der Waals surface area (Å²) < 4.78 is 7.00. The Morgan fingerprint density at radius 3 is 2.67 bits per heavy atom. The molecule has 0 aliphatic heterocycles. The Balaban J connectivity index is 1.54. The molecule has 1 amide bonds. The Kier molecular flexibility index (Phi) is 8.40. The highest BCUT2D eigenvalue weighted by molar-refractivity contribution is 7.99. The van der Waals surface area contributed by atoms with Crippen molar-refractivity contribution in [2.45, 2.75) is 32.0 Å². The molecule has 7 nitrogen and oxygen atoms in total. The number of aromatic nitrogens is 3. The minimum absolute atomic E-state index is 0.108. The van der Waals surface area contributed by atoms with E-state index in [1.165, 1.54) is 35.1 Å². The fourth-order valence-corrected chi connectivity index (χ4v) is 6.40. The number of esters is 1. The Labute approximate surface area is 222 Å². The lowest BCUT2D eigenvalue weighted by Gasteiger charge is -2.09. The van der Waals surface area contributed by atoms with E-state index in [-0.39, 0.29) is 11.7 Å². The van der Waals surface area contributed by atoms with Gasteiger partial charge in [0.2, 0.25) is 5.91 Å². The molecule has 0 aliphatic carbocycles. The molecule has 0 saturated heterocycles. The summed E-state index contributed by atoms with van der Waals surface area (Å²) in [4.78, 5) is 27.8. The number of allylic oxidation sites excluding steroid dienone is 1. The average molecular weight is 539 g/mol. The minimum atomic E-state index is -0.487. The monoisotopic (exact) mass is 538 g/mol. The second-order valence-electron chi connectivity index (χ2n) is 7.79. The van der Waals surface area contributed by atoms with Crippen LogP contribution in [0.5, 0.6) is 0 Å². The first kappa shape index (κ1) is 25.9. The van der Waals surface area contributed by atoms with Gasteiger partial charge in [0.15, 0.2) is 11.0 Å². The van der Waals surface area contributed by atoms with Crippen molar-refractivity contribution in [3.63, 3.8) is 0 Å². The van der Waals surface area contributed by atoms with Gasteiger partial charge in [0, 0.05) is 32.8 Å². The second-order valence-corrected chi connectivity index (χ2v) is 11.0. The topological polar surface area (TPSA) is 86.1 Å². The highest BCUT2D eigenvalue weighted by Gasteiger charge is 2.25. The molecule has 0 bridgehead atoms. The summed E-state index contributed by atoms with van der Waals surface area (Å²) in [6, 6.07) is 11.7. The standard InChI is InChI=1S/C26H26N4O3S3/c1-5-12-30-23(18-13-19(6-2)34-14-18)28-29-26(30)35-15-20(31)27-24-22(25(32)33-4)21(16(3)36-24)17-10-8-7-9-11-17/h5,7-11,13-14H,1,6,12,15H2,2-4H3,(H,27,31). The number of amides is 1. The molecule has 1 aromatic carbocycles. The molecule has 4 aromatic rings. The number of carbonyl (C=O) groups excluding carboxylic acids is 2. The van der Waals surface area contributed by atoms with Crippen LogP contribution in [-0.4, -0.2) is 39.5 Å². The zero-order valence-corrected chi connectivity index (χ0v) is 22.7. The Morgan fingerprint density at radius 2 is 2.00 bits per heavy atom. The number of methoxy groups -OCH3 is 1. The third-order valence-electron chi connectivity index (χ3n) is 5.41. The predicted molar refractivity (Wildman–Crippen MR) is 148 cm³/mol. The van der Waals surface area contributed by atoms with Crippen molar-refractivity contribution in [2.75, 3.05) is 18.2 Å². The molecule has 36 heavy (non-hydrogen) atoms. The van der Waals surface area contributed by atoms with Crippen LogP contribution in [0, 0.1) is 6.92 Å². The van der Waals surface area contributed by atoms with E-state index in [2.05, 4.69) is 40.5 Å². The Hall–Kier alpha value is -3.21. The lowest BCUT2D eigenvalue weighted by atomic mass is 10.0. The third-order valence-corrected chi connectivity index (χ3v) is 8.48. The molecule has 0 unspecified atom stereocenters. The number of ether oxygens (including phenoxy) is 1. The van der Waals surface area contributed by atoms with Crippen molar-refractivity contribution in [1.82, 2.24) is 14.8 Å². The van der Waals surface area contributed by atoms with Crippen molar-refractivity contribution in [3.8, 4) is 22.5 Å². The van der Waals surface area contributed by atoms with Crippen molar-refractivity contribution in [2.24, 2.45) is 0 Å². The third kappa shape index (κ3) is 5.45. The smallest absolute Gasteiger partial charge is 0.341 e. The fraction of sp³-hybridized carbons (Fsp3) is 0.231. The molecular weight excluding hydrogens is 513 g/mol. The highest BCUT2D eigenvalue weighted by Crippen LogP contribution is 2.40. The predicted octanol–water partition coefficient (Wildman–Crippen LogP) is 6.31. The van der Waals surface area contributed by atoms with Gasteiger partial charge in [0.05, 0.1) is 12.9 Å². The molecule has 186 valence electrons. The molecule has 0 radical (unpaired) electrons. The fourth-order valence-electron chi connectivity index (χ4n) is 3.76. The number of anilines is 1. The van der Waals surface area contributed by atoms with Crippen LogP contribution in [0.15, 0.2) is 59.6 Å². The number of hydrogen-bond acceptors (Lipinski definition) is 8. The number of nitrogens with zero attached hydrogens (tertiary/aromatic N) is 3. The van der Waals surface area contributed by atoms with Crippen LogP contribution in [0.25, 0.3) is 22.5 Å². The van der Waals surface area contributed by atoms with Crippen LogP contribution in [0.4, 0.5) is 5.00 Å². The molecule has 0 atom stereocenters. The summed E-state index contributed by atoms with van der Waals surface area (Å²) in [5, 5.41) is 14.8. The number of nitrogens with one attached hydrogen (secondary N) is 1. The summed E-state index contributed by atoms with van der Waals surface area (Å²) in [5.74, 6) is 0.128. The first-order valence-electron chi connectivity index (χ1n) is 11.3. The average Bonchev–Trinajstić information content (AvgIpc) is 3.60. The number of thiophene rings is 2.